The van der Waals surface area contributed by atoms with Crippen LogP contribution in [0.3, 0.4) is 0 Å². The van der Waals surface area contributed by atoms with Crippen molar-refractivity contribution in [3.63, 3.8) is 0 Å². The Morgan fingerprint density at radius 2 is 1.78 bits per heavy atom. The van der Waals surface area contributed by atoms with Crippen molar-refractivity contribution in [2.45, 2.75) is 70.8 Å². The molecule has 3 atom stereocenters. The van der Waals surface area contributed by atoms with E-state index in [1.807, 2.05) is 37.3 Å². The van der Waals surface area contributed by atoms with Crippen LogP contribution in [0.15, 0.2) is 54.6 Å². The van der Waals surface area contributed by atoms with Gasteiger partial charge in [0.2, 0.25) is 5.91 Å². The van der Waals surface area contributed by atoms with E-state index in [-0.39, 0.29) is 23.4 Å². The molecule has 192 valence electrons. The third-order valence-electron chi connectivity index (χ3n) is 6.78. The number of aryl methyl sites for hydroxylation is 1. The van der Waals surface area contributed by atoms with Gasteiger partial charge in [0.25, 0.3) is 0 Å². The highest BCUT2D eigenvalue weighted by Crippen LogP contribution is 2.38. The SMILES string of the molecule is CCCCOC(=O)NC(=N)c1ccc(CCC(=O)[C@H](C)NC(=O)[C@@H]2CC[C@@H](c3ccccc3)C2)cc1. The molecule has 36 heavy (non-hydrogen) atoms. The second kappa shape index (κ2) is 13.6. The maximum absolute atomic E-state index is 12.7. The summed E-state index contributed by atoms with van der Waals surface area (Å²) in [4.78, 5) is 37.1. The van der Waals surface area contributed by atoms with Crippen LogP contribution in [-0.2, 0) is 20.7 Å². The van der Waals surface area contributed by atoms with Crippen molar-refractivity contribution in [1.82, 2.24) is 10.6 Å². The smallest absolute Gasteiger partial charge is 0.412 e. The predicted octanol–water partition coefficient (Wildman–Crippen LogP) is 5.13. The number of rotatable bonds is 11. The lowest BCUT2D eigenvalue weighted by Crippen LogP contribution is -2.41. The van der Waals surface area contributed by atoms with Crippen molar-refractivity contribution >= 4 is 23.6 Å². The standard InChI is InChI=1S/C29H37N3O4/c1-3-4-18-36-29(35)32-27(30)23-13-10-21(11-14-23)12-17-26(33)20(2)31-28(34)25-16-15-24(19-25)22-8-6-5-7-9-22/h5-11,13-14,20,24-25H,3-4,12,15-19H2,1-2H3,(H,31,34)(H2,30,32,35)/t20-,24+,25+/m0/s1. The lowest BCUT2D eigenvalue weighted by molar-refractivity contribution is -0.129. The van der Waals surface area contributed by atoms with Crippen molar-refractivity contribution in [2.75, 3.05) is 6.61 Å². The monoisotopic (exact) mass is 491 g/mol. The molecule has 2 aromatic rings. The van der Waals surface area contributed by atoms with Crippen LogP contribution in [0, 0.1) is 11.3 Å². The van der Waals surface area contributed by atoms with Gasteiger partial charge >= 0.3 is 6.09 Å². The van der Waals surface area contributed by atoms with Gasteiger partial charge in [-0.05, 0) is 56.1 Å². The summed E-state index contributed by atoms with van der Waals surface area (Å²) in [5.41, 5.74) is 2.79. The molecule has 0 aromatic heterocycles. The molecular formula is C29H37N3O4. The summed E-state index contributed by atoms with van der Waals surface area (Å²) >= 11 is 0. The third kappa shape index (κ3) is 8.04. The third-order valence-corrected chi connectivity index (χ3v) is 6.78. The van der Waals surface area contributed by atoms with Crippen LogP contribution in [0.25, 0.3) is 0 Å². The minimum Gasteiger partial charge on any atom is -0.449 e. The second-order valence-electron chi connectivity index (χ2n) is 9.50. The lowest BCUT2D eigenvalue weighted by atomic mass is 9.96. The van der Waals surface area contributed by atoms with Crippen LogP contribution in [0.2, 0.25) is 0 Å². The molecule has 0 saturated heterocycles. The van der Waals surface area contributed by atoms with Gasteiger partial charge in [-0.3, -0.25) is 20.3 Å². The number of nitrogens with one attached hydrogen (secondary N) is 3. The summed E-state index contributed by atoms with van der Waals surface area (Å²) in [6.07, 6.45) is 4.60. The Hall–Kier alpha value is -3.48. The van der Waals surface area contributed by atoms with Crippen LogP contribution in [0.5, 0.6) is 0 Å². The summed E-state index contributed by atoms with van der Waals surface area (Å²) in [6.45, 7) is 4.09. The molecule has 7 nitrogen and oxygen atoms in total. The maximum atomic E-state index is 12.7. The van der Waals surface area contributed by atoms with Crippen LogP contribution in [0.4, 0.5) is 4.79 Å². The van der Waals surface area contributed by atoms with Gasteiger partial charge in [-0.2, -0.15) is 0 Å². The zero-order valence-corrected chi connectivity index (χ0v) is 21.2. The van der Waals surface area contributed by atoms with Crippen LogP contribution in [-0.4, -0.2) is 36.3 Å². The molecule has 3 N–H and O–H groups in total. The number of unbranched alkanes of at least 4 members (excludes halogenated alkanes) is 1. The fourth-order valence-corrected chi connectivity index (χ4v) is 4.50. The van der Waals surface area contributed by atoms with Gasteiger partial charge in [0.1, 0.15) is 5.84 Å². The average Bonchev–Trinajstić information content (AvgIpc) is 3.39. The Morgan fingerprint density at radius 1 is 1.06 bits per heavy atom. The molecule has 3 rings (SSSR count). The van der Waals surface area contributed by atoms with E-state index >= 15 is 0 Å². The molecule has 1 saturated carbocycles. The minimum atomic E-state index is -0.632. The molecule has 0 heterocycles. The molecule has 0 bridgehead atoms. The van der Waals surface area contributed by atoms with Crippen LogP contribution in [0.1, 0.15) is 75.0 Å². The van der Waals surface area contributed by atoms with Gasteiger partial charge in [-0.15, -0.1) is 0 Å². The van der Waals surface area contributed by atoms with Gasteiger partial charge in [-0.25, -0.2) is 4.79 Å². The first-order chi connectivity index (χ1) is 17.4. The fourth-order valence-electron chi connectivity index (χ4n) is 4.50. The minimum absolute atomic E-state index is 0.00531. The first kappa shape index (κ1) is 27.1. The summed E-state index contributed by atoms with van der Waals surface area (Å²) in [7, 11) is 0. The number of hydrogen-bond donors (Lipinski definition) is 3. The first-order valence-electron chi connectivity index (χ1n) is 12.9. The number of amides is 2. The lowest BCUT2D eigenvalue weighted by Gasteiger charge is -2.17. The number of carbonyl (C=O) groups excluding carboxylic acids is 3. The molecule has 7 heteroatoms. The molecule has 1 aliphatic carbocycles. The molecule has 1 aliphatic rings. The Bertz CT molecular complexity index is 1040. The summed E-state index contributed by atoms with van der Waals surface area (Å²) in [6, 6.07) is 16.9. The number of alkyl carbamates (subject to hydrolysis) is 1. The number of benzene rings is 2. The van der Waals surface area contributed by atoms with E-state index in [1.54, 1.807) is 19.1 Å². The van der Waals surface area contributed by atoms with E-state index in [9.17, 15) is 14.4 Å². The Morgan fingerprint density at radius 3 is 2.47 bits per heavy atom. The first-order valence-corrected chi connectivity index (χ1v) is 12.9. The van der Waals surface area contributed by atoms with E-state index in [1.165, 1.54) is 5.56 Å². The Labute approximate surface area is 213 Å². The molecule has 1 fully saturated rings. The van der Waals surface area contributed by atoms with Gasteiger partial charge in [0.05, 0.1) is 12.6 Å². The van der Waals surface area contributed by atoms with Crippen molar-refractivity contribution < 1.29 is 19.1 Å². The number of hydrogen-bond acceptors (Lipinski definition) is 5. The van der Waals surface area contributed by atoms with Gasteiger partial charge in [-0.1, -0.05) is 67.9 Å². The van der Waals surface area contributed by atoms with E-state index in [0.717, 1.165) is 37.7 Å². The highest BCUT2D eigenvalue weighted by molar-refractivity contribution is 6.04. The zero-order valence-electron chi connectivity index (χ0n) is 21.2. The van der Waals surface area contributed by atoms with Crippen molar-refractivity contribution in [2.24, 2.45) is 5.92 Å². The van der Waals surface area contributed by atoms with E-state index in [4.69, 9.17) is 10.1 Å². The Kier molecular flexibility index (Phi) is 10.2. The molecule has 2 aromatic carbocycles. The molecule has 2 amide bonds. The molecule has 0 aliphatic heterocycles. The number of Topliss-reactive ketones (excluding diaryl/α,β-unsaturated/α-hetero) is 1. The van der Waals surface area contributed by atoms with Crippen LogP contribution >= 0.6 is 0 Å². The largest absolute Gasteiger partial charge is 0.449 e. The average molecular weight is 492 g/mol. The second-order valence-corrected chi connectivity index (χ2v) is 9.50. The molecular weight excluding hydrogens is 454 g/mol. The van der Waals surface area contributed by atoms with Crippen molar-refractivity contribution in [3.05, 3.63) is 71.3 Å². The molecule has 0 radical (unpaired) electrons. The van der Waals surface area contributed by atoms with E-state index in [2.05, 4.69) is 22.8 Å². The van der Waals surface area contributed by atoms with Gasteiger partial charge < -0.3 is 10.1 Å². The Balaban J connectivity index is 1.40. The van der Waals surface area contributed by atoms with Crippen LogP contribution < -0.4 is 10.6 Å². The predicted molar refractivity (Wildman–Crippen MR) is 140 cm³/mol. The summed E-state index contributed by atoms with van der Waals surface area (Å²) in [5.74, 6) is 0.286. The number of ether oxygens (including phenoxy) is 1. The van der Waals surface area contributed by atoms with E-state index < -0.39 is 12.1 Å². The number of amidine groups is 1. The van der Waals surface area contributed by atoms with E-state index in [0.29, 0.717) is 30.9 Å². The number of carbonyl (C=O) groups is 3. The molecule has 0 unspecified atom stereocenters. The maximum Gasteiger partial charge on any atom is 0.412 e. The highest BCUT2D eigenvalue weighted by atomic mass is 16.5. The van der Waals surface area contributed by atoms with Crippen molar-refractivity contribution in [1.29, 1.82) is 5.41 Å². The zero-order chi connectivity index (χ0) is 25.9. The summed E-state index contributed by atoms with van der Waals surface area (Å²) < 4.78 is 5.01. The quantitative estimate of drug-likeness (QED) is 0.230. The fraction of sp³-hybridized carbons (Fsp3) is 0.448. The summed E-state index contributed by atoms with van der Waals surface area (Å²) in [5, 5.41) is 13.4. The van der Waals surface area contributed by atoms with Crippen molar-refractivity contribution in [3.8, 4) is 0 Å². The normalized spacial score (nSPS) is 17.7. The highest BCUT2D eigenvalue weighted by Gasteiger charge is 2.31. The molecule has 0 spiro atoms. The van der Waals surface area contributed by atoms with Gasteiger partial charge in [0, 0.05) is 17.9 Å². The van der Waals surface area contributed by atoms with Gasteiger partial charge in [0.15, 0.2) is 5.78 Å². The topological polar surface area (TPSA) is 108 Å². The number of ketones is 1.